The van der Waals surface area contributed by atoms with E-state index in [1.807, 2.05) is 12.4 Å². The number of fused-ring (bicyclic) bond motifs is 1. The first-order valence-electron chi connectivity index (χ1n) is 9.13. The molecule has 1 aliphatic heterocycles. The molecule has 1 aliphatic rings. The Hall–Kier alpha value is -1.85. The number of nitrogens with zero attached hydrogens (tertiary/aromatic N) is 2. The van der Waals surface area contributed by atoms with Gasteiger partial charge in [0.1, 0.15) is 12.2 Å². The fourth-order valence-electron chi connectivity index (χ4n) is 2.99. The van der Waals surface area contributed by atoms with Crippen molar-refractivity contribution in [1.29, 1.82) is 0 Å². The van der Waals surface area contributed by atoms with E-state index in [0.717, 1.165) is 24.9 Å². The van der Waals surface area contributed by atoms with Gasteiger partial charge in [-0.1, -0.05) is 26.6 Å². The number of hydrogen-bond acceptors (Lipinski definition) is 2. The minimum absolute atomic E-state index is 0.568. The van der Waals surface area contributed by atoms with Crippen molar-refractivity contribution in [2.75, 3.05) is 6.61 Å². The van der Waals surface area contributed by atoms with Gasteiger partial charge in [0, 0.05) is 44.7 Å². The zero-order chi connectivity index (χ0) is 17.9. The van der Waals surface area contributed by atoms with Crippen molar-refractivity contribution in [3.63, 3.8) is 0 Å². The molecule has 0 saturated carbocycles. The third kappa shape index (κ3) is 4.41. The quantitative estimate of drug-likeness (QED) is 0.598. The highest BCUT2D eigenvalue weighted by Gasteiger charge is 2.14. The first-order valence-corrected chi connectivity index (χ1v) is 12.8. The molecule has 5 heteroatoms. The molecule has 0 saturated heterocycles. The maximum atomic E-state index is 5.94. The van der Waals surface area contributed by atoms with Crippen molar-refractivity contribution >= 4 is 13.6 Å². The fraction of sp³-hybridized carbons (Fsp3) is 0.450. The van der Waals surface area contributed by atoms with Gasteiger partial charge in [0.2, 0.25) is 0 Å². The lowest BCUT2D eigenvalue weighted by atomic mass is 9.98. The maximum Gasteiger partial charge on any atom is 0.142 e. The Bertz CT molecular complexity index is 854. The first kappa shape index (κ1) is 18.0. The van der Waals surface area contributed by atoms with Crippen LogP contribution in [-0.2, 0) is 11.5 Å². The van der Waals surface area contributed by atoms with Gasteiger partial charge in [-0.3, -0.25) is 0 Å². The summed E-state index contributed by atoms with van der Waals surface area (Å²) in [6.07, 6.45) is 10.2. The van der Waals surface area contributed by atoms with E-state index in [2.05, 4.69) is 60.6 Å². The summed E-state index contributed by atoms with van der Waals surface area (Å²) in [5.74, 6) is 0. The molecule has 0 spiro atoms. The molecule has 2 aromatic heterocycles. The highest BCUT2D eigenvalue weighted by molar-refractivity contribution is 6.76. The zero-order valence-electron chi connectivity index (χ0n) is 15.8. The summed E-state index contributed by atoms with van der Waals surface area (Å²) in [5, 5.41) is 1.22. The Morgan fingerprint density at radius 1 is 1.28 bits per heavy atom. The van der Waals surface area contributed by atoms with Gasteiger partial charge in [-0.15, -0.1) is 0 Å². The van der Waals surface area contributed by atoms with Crippen molar-refractivity contribution in [2.24, 2.45) is 4.99 Å². The molecule has 0 radical (unpaired) electrons. The molecule has 4 nitrogen and oxygen atoms in total. The normalized spacial score (nSPS) is 14.7. The Balaban J connectivity index is 1.91. The van der Waals surface area contributed by atoms with Gasteiger partial charge in [0.25, 0.3) is 0 Å². The molecule has 0 aromatic carbocycles. The molecule has 2 aromatic rings. The van der Waals surface area contributed by atoms with Crippen LogP contribution in [0, 0.1) is 0 Å². The van der Waals surface area contributed by atoms with Crippen molar-refractivity contribution < 1.29 is 4.74 Å². The number of H-pyrrole nitrogens is 1. The van der Waals surface area contributed by atoms with Crippen LogP contribution >= 0.6 is 0 Å². The lowest BCUT2D eigenvalue weighted by Crippen LogP contribution is -2.31. The number of hydrogen-bond donors (Lipinski definition) is 1. The summed E-state index contributed by atoms with van der Waals surface area (Å²) in [7, 11) is -1.05. The molecule has 1 N–H and O–H groups in total. The number of nitrogens with one attached hydrogen (secondary N) is 1. The van der Waals surface area contributed by atoms with Crippen LogP contribution in [0.15, 0.2) is 47.5 Å². The fourth-order valence-corrected chi connectivity index (χ4v) is 3.75. The van der Waals surface area contributed by atoms with Gasteiger partial charge in [-0.25, -0.2) is 4.99 Å². The summed E-state index contributed by atoms with van der Waals surface area (Å²) in [6, 6.07) is 5.50. The van der Waals surface area contributed by atoms with Gasteiger partial charge in [-0.2, -0.15) is 0 Å². The van der Waals surface area contributed by atoms with E-state index in [4.69, 9.17) is 9.73 Å². The van der Waals surface area contributed by atoms with E-state index in [1.165, 1.54) is 28.0 Å². The molecule has 0 unspecified atom stereocenters. The third-order valence-electron chi connectivity index (χ3n) is 4.66. The molecule has 0 bridgehead atoms. The highest BCUT2D eigenvalue weighted by Crippen LogP contribution is 2.22. The molecule has 0 amide bonds. The first-order chi connectivity index (χ1) is 12.0. The van der Waals surface area contributed by atoms with Crippen LogP contribution in [0.3, 0.4) is 0 Å². The van der Waals surface area contributed by atoms with Crippen LogP contribution in [-0.4, -0.2) is 24.2 Å². The van der Waals surface area contributed by atoms with E-state index in [0.29, 0.717) is 6.73 Å². The van der Waals surface area contributed by atoms with Crippen molar-refractivity contribution in [2.45, 2.75) is 52.2 Å². The van der Waals surface area contributed by atoms with Gasteiger partial charge in [0.15, 0.2) is 0 Å². The Morgan fingerprint density at radius 3 is 2.80 bits per heavy atom. The topological polar surface area (TPSA) is 42.3 Å². The Kier molecular flexibility index (Phi) is 5.44. The van der Waals surface area contributed by atoms with Crippen LogP contribution < -0.4 is 10.7 Å². The van der Waals surface area contributed by atoms with Crippen molar-refractivity contribution in [3.05, 3.63) is 58.8 Å². The SMILES string of the molecule is CCC1=CN=c2c(ccn2COCC[Si](C)(C)C)=C(c2cc[nH]c2)C1. The Labute approximate surface area is 151 Å². The maximum absolute atomic E-state index is 5.94. The van der Waals surface area contributed by atoms with E-state index in [1.54, 1.807) is 0 Å². The lowest BCUT2D eigenvalue weighted by molar-refractivity contribution is 0.0849. The number of aromatic amines is 1. The largest absolute Gasteiger partial charge is 0.367 e. The molecule has 0 aliphatic carbocycles. The second-order valence-electron chi connectivity index (χ2n) is 7.90. The van der Waals surface area contributed by atoms with Gasteiger partial charge in [0.05, 0.1) is 0 Å². The number of aromatic nitrogens is 2. The molecule has 134 valence electrons. The second kappa shape index (κ2) is 7.58. The third-order valence-corrected chi connectivity index (χ3v) is 6.36. The van der Waals surface area contributed by atoms with Crippen LogP contribution in [0.5, 0.6) is 0 Å². The summed E-state index contributed by atoms with van der Waals surface area (Å²) in [4.78, 5) is 7.96. The second-order valence-corrected chi connectivity index (χ2v) is 13.5. The predicted molar refractivity (Wildman–Crippen MR) is 106 cm³/mol. The average Bonchev–Trinajstić information content (AvgIpc) is 3.18. The Morgan fingerprint density at radius 2 is 2.12 bits per heavy atom. The number of ether oxygens (including phenoxy) is 1. The summed E-state index contributed by atoms with van der Waals surface area (Å²) >= 11 is 0. The minimum atomic E-state index is -1.05. The molecule has 25 heavy (non-hydrogen) atoms. The van der Waals surface area contributed by atoms with Gasteiger partial charge >= 0.3 is 0 Å². The summed E-state index contributed by atoms with van der Waals surface area (Å²) < 4.78 is 8.07. The van der Waals surface area contributed by atoms with Crippen LogP contribution in [0.1, 0.15) is 25.3 Å². The molecule has 3 heterocycles. The number of allylic oxidation sites excluding steroid dienone is 1. The van der Waals surface area contributed by atoms with Crippen molar-refractivity contribution in [1.82, 2.24) is 9.55 Å². The van der Waals surface area contributed by atoms with Crippen molar-refractivity contribution in [3.8, 4) is 0 Å². The molecular weight excluding hydrogens is 326 g/mol. The smallest absolute Gasteiger partial charge is 0.142 e. The average molecular weight is 356 g/mol. The standard InChI is InChI=1S/C20H29N3OSi/c1-5-16-12-19(17-6-8-21-14-17)18-7-9-23(20(18)22-13-16)15-24-10-11-25(2,3)4/h6-9,13-14,21H,5,10-12,15H2,1-4H3. The van der Waals surface area contributed by atoms with E-state index in [-0.39, 0.29) is 0 Å². The van der Waals surface area contributed by atoms with E-state index >= 15 is 0 Å². The van der Waals surface area contributed by atoms with Crippen LogP contribution in [0.2, 0.25) is 25.7 Å². The predicted octanol–water partition coefficient (Wildman–Crippen LogP) is 3.64. The minimum Gasteiger partial charge on any atom is -0.367 e. The van der Waals surface area contributed by atoms with Crippen LogP contribution in [0.25, 0.3) is 5.57 Å². The zero-order valence-corrected chi connectivity index (χ0v) is 16.8. The van der Waals surface area contributed by atoms with E-state index < -0.39 is 8.07 Å². The van der Waals surface area contributed by atoms with E-state index in [9.17, 15) is 0 Å². The lowest BCUT2D eigenvalue weighted by Gasteiger charge is -2.15. The summed E-state index contributed by atoms with van der Waals surface area (Å²) in [5.41, 5.74) is 4.95. The summed E-state index contributed by atoms with van der Waals surface area (Å²) in [6.45, 7) is 10.7. The molecule has 0 atom stereocenters. The monoisotopic (exact) mass is 355 g/mol. The van der Waals surface area contributed by atoms with Crippen LogP contribution in [0.4, 0.5) is 0 Å². The molecule has 0 fully saturated rings. The highest BCUT2D eigenvalue weighted by atomic mass is 28.3. The molecular formula is C20H29N3OSi. The van der Waals surface area contributed by atoms with Gasteiger partial charge in [-0.05, 0) is 47.7 Å². The van der Waals surface area contributed by atoms with Gasteiger partial charge < -0.3 is 14.3 Å². The molecule has 3 rings (SSSR count). The number of rotatable bonds is 7.